The molecule has 1 heterocycles. The third-order valence-electron chi connectivity index (χ3n) is 2.22. The SMILES string of the molecule is CC.CCCc1nc(Cl)nc(OC(C)C)c1CC. The van der Waals surface area contributed by atoms with E-state index in [2.05, 4.69) is 23.8 Å². The molecule has 104 valence electrons. The summed E-state index contributed by atoms with van der Waals surface area (Å²) >= 11 is 5.90. The van der Waals surface area contributed by atoms with Gasteiger partial charge >= 0.3 is 0 Å². The number of halogens is 1. The smallest absolute Gasteiger partial charge is 0.225 e. The predicted molar refractivity (Wildman–Crippen MR) is 77.5 cm³/mol. The Hall–Kier alpha value is -0.830. The molecule has 18 heavy (non-hydrogen) atoms. The minimum atomic E-state index is 0.103. The highest BCUT2D eigenvalue weighted by Gasteiger charge is 2.13. The molecule has 0 saturated carbocycles. The van der Waals surface area contributed by atoms with Gasteiger partial charge in [0.05, 0.1) is 11.8 Å². The van der Waals surface area contributed by atoms with Crippen molar-refractivity contribution in [2.75, 3.05) is 0 Å². The van der Waals surface area contributed by atoms with Crippen molar-refractivity contribution in [3.63, 3.8) is 0 Å². The van der Waals surface area contributed by atoms with E-state index in [0.29, 0.717) is 5.88 Å². The number of aryl methyl sites for hydroxylation is 1. The van der Waals surface area contributed by atoms with Crippen molar-refractivity contribution in [2.24, 2.45) is 0 Å². The minimum Gasteiger partial charge on any atom is -0.475 e. The molecule has 0 atom stereocenters. The zero-order chi connectivity index (χ0) is 14.1. The Balaban J connectivity index is 0.00000137. The van der Waals surface area contributed by atoms with Gasteiger partial charge in [0.15, 0.2) is 0 Å². The van der Waals surface area contributed by atoms with Gasteiger partial charge in [0.2, 0.25) is 11.2 Å². The van der Waals surface area contributed by atoms with E-state index in [9.17, 15) is 0 Å². The lowest BCUT2D eigenvalue weighted by Crippen LogP contribution is -2.11. The van der Waals surface area contributed by atoms with Gasteiger partial charge < -0.3 is 4.74 Å². The monoisotopic (exact) mass is 272 g/mol. The Labute approximate surface area is 116 Å². The first-order valence-corrected chi connectivity index (χ1v) is 7.18. The van der Waals surface area contributed by atoms with Crippen molar-refractivity contribution in [3.8, 4) is 5.88 Å². The Kier molecular flexibility index (Phi) is 8.73. The van der Waals surface area contributed by atoms with Gasteiger partial charge in [0, 0.05) is 5.56 Å². The van der Waals surface area contributed by atoms with E-state index in [1.54, 1.807) is 0 Å². The molecule has 0 bridgehead atoms. The van der Waals surface area contributed by atoms with Crippen molar-refractivity contribution >= 4 is 11.6 Å². The minimum absolute atomic E-state index is 0.103. The average Bonchev–Trinajstić information content (AvgIpc) is 2.31. The fourth-order valence-corrected chi connectivity index (χ4v) is 1.78. The molecule has 0 aliphatic carbocycles. The molecule has 0 N–H and O–H groups in total. The summed E-state index contributed by atoms with van der Waals surface area (Å²) in [6, 6.07) is 0. The lowest BCUT2D eigenvalue weighted by molar-refractivity contribution is 0.229. The van der Waals surface area contributed by atoms with E-state index >= 15 is 0 Å². The Bertz CT molecular complexity index is 354. The summed E-state index contributed by atoms with van der Waals surface area (Å²) in [6.45, 7) is 12.2. The van der Waals surface area contributed by atoms with Gasteiger partial charge in [-0.1, -0.05) is 34.1 Å². The summed E-state index contributed by atoms with van der Waals surface area (Å²) in [5.74, 6) is 0.640. The Morgan fingerprint density at radius 2 is 1.78 bits per heavy atom. The molecule has 0 unspecified atom stereocenters. The highest BCUT2D eigenvalue weighted by atomic mass is 35.5. The van der Waals surface area contributed by atoms with E-state index in [4.69, 9.17) is 16.3 Å². The van der Waals surface area contributed by atoms with Crippen LogP contribution in [0.3, 0.4) is 0 Å². The van der Waals surface area contributed by atoms with Crippen LogP contribution in [0.25, 0.3) is 0 Å². The Morgan fingerprint density at radius 1 is 1.17 bits per heavy atom. The number of hydrogen-bond donors (Lipinski definition) is 0. The van der Waals surface area contributed by atoms with Crippen LogP contribution in [-0.4, -0.2) is 16.1 Å². The molecule has 3 nitrogen and oxygen atoms in total. The standard InChI is InChI=1S/C12H19ClN2O.C2H6/c1-5-7-10-9(6-2)11(16-8(3)4)15-12(13)14-10;1-2/h8H,5-7H2,1-4H3;1-2H3. The maximum Gasteiger partial charge on any atom is 0.225 e. The summed E-state index contributed by atoms with van der Waals surface area (Å²) in [7, 11) is 0. The third-order valence-corrected chi connectivity index (χ3v) is 2.38. The highest BCUT2D eigenvalue weighted by Crippen LogP contribution is 2.23. The van der Waals surface area contributed by atoms with E-state index in [-0.39, 0.29) is 11.4 Å². The molecule has 0 amide bonds. The molecule has 4 heteroatoms. The van der Waals surface area contributed by atoms with Crippen LogP contribution < -0.4 is 4.74 Å². The maximum absolute atomic E-state index is 5.90. The lowest BCUT2D eigenvalue weighted by atomic mass is 10.1. The second kappa shape index (κ2) is 9.15. The Morgan fingerprint density at radius 3 is 2.22 bits per heavy atom. The molecule has 0 aliphatic rings. The van der Waals surface area contributed by atoms with Crippen LogP contribution in [0.2, 0.25) is 5.28 Å². The number of hydrogen-bond acceptors (Lipinski definition) is 3. The van der Waals surface area contributed by atoms with Gasteiger partial charge in [-0.15, -0.1) is 0 Å². The zero-order valence-corrected chi connectivity index (χ0v) is 13.1. The molecule has 1 aromatic rings. The van der Waals surface area contributed by atoms with Crippen molar-refractivity contribution in [1.82, 2.24) is 9.97 Å². The second-order valence-electron chi connectivity index (χ2n) is 3.99. The molecule has 1 rings (SSSR count). The summed E-state index contributed by atoms with van der Waals surface area (Å²) in [4.78, 5) is 8.44. The van der Waals surface area contributed by atoms with Crippen LogP contribution in [0.5, 0.6) is 5.88 Å². The first-order valence-electron chi connectivity index (χ1n) is 6.80. The summed E-state index contributed by atoms with van der Waals surface area (Å²) in [5.41, 5.74) is 2.10. The normalized spacial score (nSPS) is 10.0. The number of nitrogens with zero attached hydrogens (tertiary/aromatic N) is 2. The van der Waals surface area contributed by atoms with Crippen molar-refractivity contribution in [1.29, 1.82) is 0 Å². The van der Waals surface area contributed by atoms with Gasteiger partial charge in [0.25, 0.3) is 0 Å². The van der Waals surface area contributed by atoms with Crippen molar-refractivity contribution in [2.45, 2.75) is 66.9 Å². The third kappa shape index (κ3) is 5.21. The number of aromatic nitrogens is 2. The summed E-state index contributed by atoms with van der Waals surface area (Å²) in [5, 5.41) is 0.274. The van der Waals surface area contributed by atoms with Crippen LogP contribution in [0.1, 0.15) is 59.2 Å². The second-order valence-corrected chi connectivity index (χ2v) is 4.33. The molecular weight excluding hydrogens is 248 g/mol. The number of ether oxygens (including phenoxy) is 1. The van der Waals surface area contributed by atoms with Gasteiger partial charge in [0.1, 0.15) is 0 Å². The summed E-state index contributed by atoms with van der Waals surface area (Å²) < 4.78 is 5.67. The lowest BCUT2D eigenvalue weighted by Gasteiger charge is -2.15. The van der Waals surface area contributed by atoms with Crippen molar-refractivity contribution in [3.05, 3.63) is 16.5 Å². The first kappa shape index (κ1) is 17.2. The maximum atomic E-state index is 5.90. The molecular formula is C14H25ClN2O. The predicted octanol–water partition coefficient (Wildman–Crippen LogP) is 4.46. The molecule has 0 fully saturated rings. The van der Waals surface area contributed by atoms with E-state index in [1.807, 2.05) is 27.7 Å². The largest absolute Gasteiger partial charge is 0.475 e. The molecule has 1 aromatic heterocycles. The van der Waals surface area contributed by atoms with Crippen LogP contribution in [0, 0.1) is 0 Å². The van der Waals surface area contributed by atoms with Crippen molar-refractivity contribution < 1.29 is 4.74 Å². The van der Waals surface area contributed by atoms with Gasteiger partial charge in [-0.2, -0.15) is 4.98 Å². The van der Waals surface area contributed by atoms with E-state index in [0.717, 1.165) is 30.5 Å². The molecule has 0 spiro atoms. The molecule has 0 aromatic carbocycles. The van der Waals surface area contributed by atoms with Crippen LogP contribution in [-0.2, 0) is 12.8 Å². The summed E-state index contributed by atoms with van der Waals surface area (Å²) in [6.07, 6.45) is 2.93. The zero-order valence-electron chi connectivity index (χ0n) is 12.4. The van der Waals surface area contributed by atoms with Crippen LogP contribution >= 0.6 is 11.6 Å². The molecule has 0 saturated heterocycles. The average molecular weight is 273 g/mol. The fraction of sp³-hybridized carbons (Fsp3) is 0.714. The van der Waals surface area contributed by atoms with Gasteiger partial charge in [-0.25, -0.2) is 4.98 Å². The fourth-order valence-electron chi connectivity index (χ4n) is 1.60. The van der Waals surface area contributed by atoms with Gasteiger partial charge in [-0.05, 0) is 38.3 Å². The highest BCUT2D eigenvalue weighted by molar-refractivity contribution is 6.28. The quantitative estimate of drug-likeness (QED) is 0.743. The topological polar surface area (TPSA) is 35.0 Å². The van der Waals surface area contributed by atoms with Crippen LogP contribution in [0.15, 0.2) is 0 Å². The molecule has 0 radical (unpaired) electrons. The van der Waals surface area contributed by atoms with Crippen LogP contribution in [0.4, 0.5) is 0 Å². The van der Waals surface area contributed by atoms with Gasteiger partial charge in [-0.3, -0.25) is 0 Å². The first-order chi connectivity index (χ1) is 8.58. The van der Waals surface area contributed by atoms with E-state index < -0.39 is 0 Å². The molecule has 0 aliphatic heterocycles. The van der Waals surface area contributed by atoms with E-state index in [1.165, 1.54) is 0 Å². The number of rotatable bonds is 5.